The number of H-pyrrole nitrogens is 2. The van der Waals surface area contributed by atoms with Gasteiger partial charge in [0.1, 0.15) is 15.1 Å². The van der Waals surface area contributed by atoms with Crippen LogP contribution in [0.4, 0.5) is 11.4 Å². The highest BCUT2D eigenvalue weighted by Gasteiger charge is 2.16. The highest BCUT2D eigenvalue weighted by Crippen LogP contribution is 2.36. The van der Waals surface area contributed by atoms with Gasteiger partial charge >= 0.3 is 5.69 Å². The normalized spacial score (nSPS) is 12.1. The predicted molar refractivity (Wildman–Crippen MR) is 111 cm³/mol. The Hall–Kier alpha value is -3.68. The average Bonchev–Trinajstić information content (AvgIpc) is 3.10. The molecule has 0 unspecified atom stereocenters. The summed E-state index contributed by atoms with van der Waals surface area (Å²) in [6, 6.07) is 9.63. The summed E-state index contributed by atoms with van der Waals surface area (Å²) in [5.74, 6) is -0.706. The van der Waals surface area contributed by atoms with Gasteiger partial charge in [-0.1, -0.05) is 6.07 Å². The van der Waals surface area contributed by atoms with Gasteiger partial charge in [0.15, 0.2) is 0 Å². The van der Waals surface area contributed by atoms with Gasteiger partial charge in [-0.05, 0) is 42.8 Å². The highest BCUT2D eigenvalue weighted by atomic mass is 32.2. The number of benzene rings is 2. The number of azo groups is 1. The molecule has 2 aromatic carbocycles. The van der Waals surface area contributed by atoms with E-state index in [-0.39, 0.29) is 4.90 Å². The van der Waals surface area contributed by atoms with E-state index in [4.69, 9.17) is 0 Å². The summed E-state index contributed by atoms with van der Waals surface area (Å²) in [6.07, 6.45) is 0. The van der Waals surface area contributed by atoms with Crippen LogP contribution in [0, 0.1) is 6.92 Å². The number of nitrogens with one attached hydrogen (secondary N) is 2. The molecule has 158 valence electrons. The molecule has 0 atom stereocenters. The molecule has 0 fully saturated rings. The third-order valence-electron chi connectivity index (χ3n) is 4.24. The van der Waals surface area contributed by atoms with Crippen molar-refractivity contribution in [3.05, 3.63) is 62.8 Å². The summed E-state index contributed by atoms with van der Waals surface area (Å²) in [5, 5.41) is 17.6. The van der Waals surface area contributed by atoms with E-state index in [1.54, 1.807) is 37.3 Å². The summed E-state index contributed by atoms with van der Waals surface area (Å²) in [4.78, 5) is 30.8. The van der Waals surface area contributed by atoms with Crippen LogP contribution < -0.4 is 11.2 Å². The van der Waals surface area contributed by atoms with Crippen LogP contribution in [0.3, 0.4) is 0 Å². The number of thiazole rings is 1. The number of aromatic hydroxyl groups is 1. The lowest BCUT2D eigenvalue weighted by Gasteiger charge is -2.10. The van der Waals surface area contributed by atoms with E-state index in [1.807, 2.05) is 9.97 Å². The van der Waals surface area contributed by atoms with Gasteiger partial charge in [0.2, 0.25) is 11.6 Å². The number of nitrogens with zero attached hydrogens (tertiary/aromatic N) is 3. The second-order valence-corrected chi connectivity index (χ2v) is 8.70. The fraction of sp³-hybridized carbons (Fsp3) is 0.0556. The minimum Gasteiger partial charge on any atom is -0.744 e. The van der Waals surface area contributed by atoms with Gasteiger partial charge < -0.3 is 9.66 Å². The summed E-state index contributed by atoms with van der Waals surface area (Å²) in [6.45, 7) is 1.55. The Morgan fingerprint density at radius 3 is 2.42 bits per heavy atom. The van der Waals surface area contributed by atoms with Gasteiger partial charge in [-0.3, -0.25) is 14.8 Å². The van der Waals surface area contributed by atoms with E-state index in [1.165, 1.54) is 6.07 Å². The molecule has 0 amide bonds. The van der Waals surface area contributed by atoms with Gasteiger partial charge in [-0.2, -0.15) is 5.11 Å². The number of rotatable bonds is 4. The monoisotopic (exact) mass is 458 g/mol. The van der Waals surface area contributed by atoms with Gasteiger partial charge in [0.05, 0.1) is 20.8 Å². The lowest BCUT2D eigenvalue weighted by molar-refractivity contribution is 0.450. The van der Waals surface area contributed by atoms with Crippen molar-refractivity contribution in [2.24, 2.45) is 10.2 Å². The first-order valence-electron chi connectivity index (χ1n) is 8.57. The third kappa shape index (κ3) is 4.01. The van der Waals surface area contributed by atoms with Crippen LogP contribution in [0.25, 0.3) is 20.8 Å². The predicted octanol–water partition coefficient (Wildman–Crippen LogP) is 2.67. The molecule has 2 aromatic heterocycles. The van der Waals surface area contributed by atoms with E-state index in [0.29, 0.717) is 32.0 Å². The van der Waals surface area contributed by atoms with Crippen LogP contribution in [-0.2, 0) is 10.1 Å². The molecule has 0 aliphatic rings. The van der Waals surface area contributed by atoms with E-state index in [0.717, 1.165) is 11.3 Å². The van der Waals surface area contributed by atoms with E-state index < -0.39 is 32.9 Å². The van der Waals surface area contributed by atoms with Crippen molar-refractivity contribution in [1.82, 2.24) is 15.0 Å². The number of hydrogen-bond acceptors (Lipinski definition) is 10. The van der Waals surface area contributed by atoms with Crippen LogP contribution in [0.15, 0.2) is 61.1 Å². The van der Waals surface area contributed by atoms with Gasteiger partial charge in [0.25, 0.3) is 5.56 Å². The Balaban J connectivity index is 1.68. The maximum absolute atomic E-state index is 11.7. The molecule has 0 saturated heterocycles. The van der Waals surface area contributed by atoms with Gasteiger partial charge in [0, 0.05) is 5.56 Å². The third-order valence-corrected chi connectivity index (χ3v) is 6.53. The molecular formula is C18H12N5O6S2-. The van der Waals surface area contributed by atoms with Crippen molar-refractivity contribution in [2.75, 3.05) is 0 Å². The zero-order valence-electron chi connectivity index (χ0n) is 15.6. The molecule has 0 spiro atoms. The quantitative estimate of drug-likeness (QED) is 0.310. The Bertz CT molecular complexity index is 1570. The zero-order chi connectivity index (χ0) is 22.3. The molecule has 13 heteroatoms. The molecule has 0 bridgehead atoms. The molecule has 3 N–H and O–H groups in total. The first-order chi connectivity index (χ1) is 14.6. The number of aromatic amines is 2. The van der Waals surface area contributed by atoms with E-state index in [2.05, 4.69) is 15.2 Å². The maximum atomic E-state index is 11.7. The summed E-state index contributed by atoms with van der Waals surface area (Å²) in [5.41, 5.74) is -0.465. The summed E-state index contributed by atoms with van der Waals surface area (Å²) < 4.78 is 35.2. The maximum Gasteiger partial charge on any atom is 0.328 e. The Morgan fingerprint density at radius 2 is 1.77 bits per heavy atom. The Labute approximate surface area is 177 Å². The average molecular weight is 458 g/mol. The second kappa shape index (κ2) is 7.54. The lowest BCUT2D eigenvalue weighted by Crippen LogP contribution is -2.20. The molecule has 0 saturated carbocycles. The first-order valence-corrected chi connectivity index (χ1v) is 10.8. The SMILES string of the molecule is Cc1ccc2nc(-c3ccc(N=Nc4c(O)[nH]c(=O)[nH]c4=O)cc3)sc2c1S(=O)(=O)[O-]. The molecule has 11 nitrogen and oxygen atoms in total. The fourth-order valence-corrected chi connectivity index (χ4v) is 5.13. The number of hydrogen-bond donors (Lipinski definition) is 3. The van der Waals surface area contributed by atoms with Crippen molar-refractivity contribution < 1.29 is 18.1 Å². The summed E-state index contributed by atoms with van der Waals surface area (Å²) in [7, 11) is -4.66. The largest absolute Gasteiger partial charge is 0.744 e. The van der Waals surface area contributed by atoms with Crippen molar-refractivity contribution >= 4 is 43.0 Å². The minimum atomic E-state index is -4.66. The number of aryl methyl sites for hydroxylation is 1. The fourth-order valence-electron chi connectivity index (χ4n) is 2.84. The topological polar surface area (TPSA) is 181 Å². The summed E-state index contributed by atoms with van der Waals surface area (Å²) >= 11 is 1.08. The van der Waals surface area contributed by atoms with Crippen LogP contribution in [0.1, 0.15) is 5.56 Å². The standard InChI is InChI=1S/C18H13N5O6S2/c1-8-2-7-11-13(14(8)31(27,28)29)30-17(19-11)9-3-5-10(6-4-9)22-23-12-15(24)20-18(26)21-16(12)25/h2-7H,1H3,(H,27,28,29)(H3,20,21,24,25,26)/p-1. The van der Waals surface area contributed by atoms with Crippen LogP contribution in [0.5, 0.6) is 5.88 Å². The van der Waals surface area contributed by atoms with Gasteiger partial charge in [-0.15, -0.1) is 16.5 Å². The second-order valence-electron chi connectivity index (χ2n) is 6.39. The molecule has 31 heavy (non-hydrogen) atoms. The molecule has 0 radical (unpaired) electrons. The number of aromatic nitrogens is 3. The van der Waals surface area contributed by atoms with Crippen molar-refractivity contribution in [1.29, 1.82) is 0 Å². The molecule has 0 aliphatic heterocycles. The molecule has 2 heterocycles. The van der Waals surface area contributed by atoms with Gasteiger partial charge in [-0.25, -0.2) is 18.2 Å². The smallest absolute Gasteiger partial charge is 0.328 e. The number of fused-ring (bicyclic) bond motifs is 1. The molecule has 0 aliphatic carbocycles. The van der Waals surface area contributed by atoms with Crippen molar-refractivity contribution in [2.45, 2.75) is 11.8 Å². The van der Waals surface area contributed by atoms with Crippen LogP contribution in [0.2, 0.25) is 0 Å². The van der Waals surface area contributed by atoms with E-state index in [9.17, 15) is 27.7 Å². The first kappa shape index (κ1) is 20.6. The van der Waals surface area contributed by atoms with Crippen LogP contribution >= 0.6 is 11.3 Å². The zero-order valence-corrected chi connectivity index (χ0v) is 17.2. The van der Waals surface area contributed by atoms with Crippen LogP contribution in [-0.4, -0.2) is 33.0 Å². The highest BCUT2D eigenvalue weighted by molar-refractivity contribution is 7.86. The Morgan fingerprint density at radius 1 is 1.06 bits per heavy atom. The van der Waals surface area contributed by atoms with E-state index >= 15 is 0 Å². The molecular weight excluding hydrogens is 446 g/mol. The lowest BCUT2D eigenvalue weighted by atomic mass is 10.2. The van der Waals surface area contributed by atoms with Crippen molar-refractivity contribution in [3.63, 3.8) is 0 Å². The van der Waals surface area contributed by atoms with Crippen molar-refractivity contribution in [3.8, 4) is 16.5 Å². The Kier molecular flexibility index (Phi) is 5.00. The minimum absolute atomic E-state index is 0.273. The molecule has 4 rings (SSSR count). The molecule has 4 aromatic rings.